The van der Waals surface area contributed by atoms with Gasteiger partial charge in [0, 0.05) is 35.9 Å². The van der Waals surface area contributed by atoms with Crippen molar-refractivity contribution in [3.63, 3.8) is 0 Å². The number of nitrogens with zero attached hydrogens (tertiary/aromatic N) is 1. The zero-order valence-corrected chi connectivity index (χ0v) is 13.5. The molecular formula is C15H23BrN2O. The van der Waals surface area contributed by atoms with E-state index >= 15 is 0 Å². The van der Waals surface area contributed by atoms with Crippen molar-refractivity contribution in [1.82, 2.24) is 5.32 Å². The molecule has 1 saturated heterocycles. The van der Waals surface area contributed by atoms with Crippen LogP contribution in [0.3, 0.4) is 0 Å². The van der Waals surface area contributed by atoms with Crippen molar-refractivity contribution >= 4 is 21.6 Å². The van der Waals surface area contributed by atoms with E-state index in [0.717, 1.165) is 26.1 Å². The van der Waals surface area contributed by atoms with Crippen LogP contribution in [0.25, 0.3) is 0 Å². The molecular weight excluding hydrogens is 304 g/mol. The second kappa shape index (κ2) is 6.73. The average molecular weight is 327 g/mol. The van der Waals surface area contributed by atoms with Crippen LogP contribution in [-0.4, -0.2) is 32.8 Å². The second-order valence-electron chi connectivity index (χ2n) is 5.20. The summed E-state index contributed by atoms with van der Waals surface area (Å²) in [6.07, 6.45) is 1.40. The molecule has 19 heavy (non-hydrogen) atoms. The lowest BCUT2D eigenvalue weighted by molar-refractivity contribution is 0.0821. The summed E-state index contributed by atoms with van der Waals surface area (Å²) in [4.78, 5) is 2.41. The fraction of sp³-hybridized carbons (Fsp3) is 0.600. The number of benzene rings is 1. The van der Waals surface area contributed by atoms with Gasteiger partial charge in [0.15, 0.2) is 0 Å². The van der Waals surface area contributed by atoms with Crippen molar-refractivity contribution in [3.05, 3.63) is 28.2 Å². The topological polar surface area (TPSA) is 24.5 Å². The van der Waals surface area contributed by atoms with Crippen LogP contribution in [0.4, 0.5) is 5.69 Å². The summed E-state index contributed by atoms with van der Waals surface area (Å²) < 4.78 is 6.87. The Morgan fingerprint density at radius 3 is 2.95 bits per heavy atom. The van der Waals surface area contributed by atoms with E-state index in [-0.39, 0.29) is 0 Å². The predicted octanol–water partition coefficient (Wildman–Crippen LogP) is 3.34. The van der Waals surface area contributed by atoms with Crippen molar-refractivity contribution in [2.75, 3.05) is 31.6 Å². The normalized spacial score (nSPS) is 22.1. The molecule has 3 nitrogen and oxygen atoms in total. The zero-order valence-electron chi connectivity index (χ0n) is 11.9. The highest BCUT2D eigenvalue weighted by molar-refractivity contribution is 9.10. The highest BCUT2D eigenvalue weighted by Gasteiger charge is 2.17. The minimum absolute atomic E-state index is 0.303. The Morgan fingerprint density at radius 1 is 1.47 bits per heavy atom. The smallest absolute Gasteiger partial charge is 0.0721 e. The molecule has 1 aromatic carbocycles. The Kier molecular flexibility index (Phi) is 5.25. The molecule has 0 aliphatic carbocycles. The van der Waals surface area contributed by atoms with E-state index in [4.69, 9.17) is 4.74 Å². The summed E-state index contributed by atoms with van der Waals surface area (Å²) >= 11 is 3.69. The molecule has 1 N–H and O–H groups in total. The van der Waals surface area contributed by atoms with Gasteiger partial charge in [-0.1, -0.05) is 22.0 Å². The van der Waals surface area contributed by atoms with Gasteiger partial charge in [0.1, 0.15) is 0 Å². The third-order valence-corrected chi connectivity index (χ3v) is 4.39. The highest BCUT2D eigenvalue weighted by atomic mass is 79.9. The van der Waals surface area contributed by atoms with Gasteiger partial charge < -0.3 is 15.0 Å². The van der Waals surface area contributed by atoms with E-state index in [0.29, 0.717) is 12.1 Å². The van der Waals surface area contributed by atoms with Gasteiger partial charge in [0.25, 0.3) is 0 Å². The third-order valence-electron chi connectivity index (χ3n) is 3.70. The van der Waals surface area contributed by atoms with Crippen molar-refractivity contribution in [1.29, 1.82) is 0 Å². The third kappa shape index (κ3) is 3.71. The maximum Gasteiger partial charge on any atom is 0.0721 e. The Balaban J connectivity index is 2.18. The summed E-state index contributed by atoms with van der Waals surface area (Å²) in [5.74, 6) is 0. The predicted molar refractivity (Wildman–Crippen MR) is 83.9 cm³/mol. The van der Waals surface area contributed by atoms with Crippen molar-refractivity contribution in [3.8, 4) is 0 Å². The first-order chi connectivity index (χ1) is 9.11. The standard InChI is InChI=1S/C15H23BrN2O/c1-11-10-18(7-4-8-19-11)13-5-6-14(12(2)17-3)15(16)9-13/h5-6,9,11-12,17H,4,7-8,10H2,1-3H3. The lowest BCUT2D eigenvalue weighted by Crippen LogP contribution is -2.30. The van der Waals surface area contributed by atoms with Crippen LogP contribution >= 0.6 is 15.9 Å². The van der Waals surface area contributed by atoms with Gasteiger partial charge in [-0.05, 0) is 45.0 Å². The zero-order chi connectivity index (χ0) is 13.8. The molecule has 4 heteroatoms. The fourth-order valence-electron chi connectivity index (χ4n) is 2.45. The van der Waals surface area contributed by atoms with Gasteiger partial charge in [-0.3, -0.25) is 0 Å². The Labute approximate surface area is 124 Å². The largest absolute Gasteiger partial charge is 0.377 e. The van der Waals surface area contributed by atoms with Crippen LogP contribution in [0.5, 0.6) is 0 Å². The van der Waals surface area contributed by atoms with E-state index < -0.39 is 0 Å². The first-order valence-electron chi connectivity index (χ1n) is 6.95. The first-order valence-corrected chi connectivity index (χ1v) is 7.74. The van der Waals surface area contributed by atoms with Gasteiger partial charge in [0.05, 0.1) is 6.10 Å². The number of anilines is 1. The molecule has 1 aromatic rings. The van der Waals surface area contributed by atoms with Gasteiger partial charge in [-0.2, -0.15) is 0 Å². The molecule has 0 radical (unpaired) electrons. The minimum atomic E-state index is 0.303. The molecule has 0 bridgehead atoms. The first kappa shape index (κ1) is 14.8. The fourth-order valence-corrected chi connectivity index (χ4v) is 3.16. The van der Waals surface area contributed by atoms with E-state index in [1.54, 1.807) is 0 Å². The van der Waals surface area contributed by atoms with Crippen molar-refractivity contribution in [2.24, 2.45) is 0 Å². The Bertz CT molecular complexity index is 425. The molecule has 2 rings (SSSR count). The van der Waals surface area contributed by atoms with Gasteiger partial charge in [-0.15, -0.1) is 0 Å². The van der Waals surface area contributed by atoms with Crippen LogP contribution in [0, 0.1) is 0 Å². The molecule has 2 atom stereocenters. The van der Waals surface area contributed by atoms with Crippen LogP contribution in [0.15, 0.2) is 22.7 Å². The molecule has 0 aromatic heterocycles. The Hall–Kier alpha value is -0.580. The highest BCUT2D eigenvalue weighted by Crippen LogP contribution is 2.29. The van der Waals surface area contributed by atoms with Crippen molar-refractivity contribution < 1.29 is 4.74 Å². The van der Waals surface area contributed by atoms with Crippen LogP contribution < -0.4 is 10.2 Å². The van der Waals surface area contributed by atoms with Crippen LogP contribution in [0.1, 0.15) is 31.9 Å². The average Bonchev–Trinajstić information content (AvgIpc) is 2.62. The lowest BCUT2D eigenvalue weighted by atomic mass is 10.1. The SMILES string of the molecule is CNC(C)c1ccc(N2CCCOC(C)C2)cc1Br. The molecule has 106 valence electrons. The molecule has 0 spiro atoms. The molecule has 0 saturated carbocycles. The monoisotopic (exact) mass is 326 g/mol. The summed E-state index contributed by atoms with van der Waals surface area (Å²) in [5.41, 5.74) is 2.57. The van der Waals surface area contributed by atoms with Crippen molar-refractivity contribution in [2.45, 2.75) is 32.4 Å². The number of hydrogen-bond donors (Lipinski definition) is 1. The molecule has 1 fully saturated rings. The van der Waals surface area contributed by atoms with E-state index in [2.05, 4.69) is 58.2 Å². The van der Waals surface area contributed by atoms with E-state index in [1.807, 2.05) is 7.05 Å². The molecule has 1 aliphatic rings. The summed E-state index contributed by atoms with van der Waals surface area (Å²) in [5, 5.41) is 3.27. The number of hydrogen-bond acceptors (Lipinski definition) is 3. The number of rotatable bonds is 3. The quantitative estimate of drug-likeness (QED) is 0.921. The maximum atomic E-state index is 5.70. The van der Waals surface area contributed by atoms with Gasteiger partial charge in [0.2, 0.25) is 0 Å². The summed E-state index contributed by atoms with van der Waals surface area (Å²) in [6, 6.07) is 7.00. The lowest BCUT2D eigenvalue weighted by Gasteiger charge is -2.25. The number of nitrogens with one attached hydrogen (secondary N) is 1. The minimum Gasteiger partial charge on any atom is -0.377 e. The van der Waals surface area contributed by atoms with Crippen LogP contribution in [0.2, 0.25) is 0 Å². The summed E-state index contributed by atoms with van der Waals surface area (Å²) in [7, 11) is 1.98. The number of halogens is 1. The van der Waals surface area contributed by atoms with Gasteiger partial charge >= 0.3 is 0 Å². The Morgan fingerprint density at radius 2 is 2.26 bits per heavy atom. The molecule has 2 unspecified atom stereocenters. The van der Waals surface area contributed by atoms with E-state index in [9.17, 15) is 0 Å². The van der Waals surface area contributed by atoms with Gasteiger partial charge in [-0.25, -0.2) is 0 Å². The molecule has 0 amide bonds. The number of ether oxygens (including phenoxy) is 1. The summed E-state index contributed by atoms with van der Waals surface area (Å²) in [6.45, 7) is 7.21. The second-order valence-corrected chi connectivity index (χ2v) is 6.05. The van der Waals surface area contributed by atoms with E-state index in [1.165, 1.54) is 15.7 Å². The molecule has 1 heterocycles. The molecule has 1 aliphatic heterocycles. The van der Waals surface area contributed by atoms with Crippen LogP contribution in [-0.2, 0) is 4.74 Å². The maximum absolute atomic E-state index is 5.70.